The first kappa shape index (κ1) is 18.4. The molecular formula is C20H19N3O4S. The molecule has 0 saturated carbocycles. The lowest BCUT2D eigenvalue weighted by molar-refractivity contribution is -0.115. The van der Waals surface area contributed by atoms with Crippen LogP contribution in [0.25, 0.3) is 0 Å². The molecule has 0 radical (unpaired) electrons. The number of fused-ring (bicyclic) bond motifs is 1. The Balaban J connectivity index is 1.34. The highest BCUT2D eigenvalue weighted by Gasteiger charge is 2.20. The van der Waals surface area contributed by atoms with Crippen molar-refractivity contribution < 1.29 is 18.7 Å². The minimum Gasteiger partial charge on any atom is -0.486 e. The lowest BCUT2D eigenvalue weighted by atomic mass is 10.2. The van der Waals surface area contributed by atoms with Gasteiger partial charge in [-0.05, 0) is 24.6 Å². The second kappa shape index (κ2) is 8.35. The molecule has 2 heterocycles. The van der Waals surface area contributed by atoms with Crippen LogP contribution in [0.5, 0.6) is 11.5 Å². The second-order valence-electron chi connectivity index (χ2n) is 6.23. The largest absolute Gasteiger partial charge is 0.486 e. The van der Waals surface area contributed by atoms with Gasteiger partial charge in [0.2, 0.25) is 11.8 Å². The molecule has 1 atom stereocenters. The Morgan fingerprint density at radius 3 is 2.71 bits per heavy atom. The van der Waals surface area contributed by atoms with Crippen molar-refractivity contribution in [2.45, 2.75) is 23.8 Å². The summed E-state index contributed by atoms with van der Waals surface area (Å²) in [5, 5.41) is 10.9. The van der Waals surface area contributed by atoms with E-state index in [1.165, 1.54) is 11.8 Å². The second-order valence-corrected chi connectivity index (χ2v) is 7.52. The lowest BCUT2D eigenvalue weighted by Crippen LogP contribution is -2.22. The van der Waals surface area contributed by atoms with Crippen LogP contribution >= 0.6 is 11.8 Å². The average Bonchev–Trinajstić information content (AvgIpc) is 3.15. The first-order valence-corrected chi connectivity index (χ1v) is 9.79. The Morgan fingerprint density at radius 2 is 1.89 bits per heavy atom. The molecular weight excluding hydrogens is 378 g/mol. The van der Waals surface area contributed by atoms with Crippen LogP contribution in [0.1, 0.15) is 18.4 Å². The monoisotopic (exact) mass is 397 g/mol. The van der Waals surface area contributed by atoms with Crippen molar-refractivity contribution in [2.24, 2.45) is 0 Å². The van der Waals surface area contributed by atoms with E-state index in [1.807, 2.05) is 30.3 Å². The maximum absolute atomic E-state index is 12.5. The fraction of sp³-hybridized carbons (Fsp3) is 0.250. The lowest BCUT2D eigenvalue weighted by Gasteiger charge is -2.19. The highest BCUT2D eigenvalue weighted by Crippen LogP contribution is 2.33. The van der Waals surface area contributed by atoms with E-state index in [4.69, 9.17) is 13.9 Å². The highest BCUT2D eigenvalue weighted by molar-refractivity contribution is 8.00. The van der Waals surface area contributed by atoms with Gasteiger partial charge in [-0.25, -0.2) is 0 Å². The number of nitrogens with zero attached hydrogens (tertiary/aromatic N) is 2. The third-order valence-corrected chi connectivity index (χ3v) is 5.04. The molecule has 0 saturated heterocycles. The molecule has 8 heteroatoms. The maximum atomic E-state index is 12.5. The minimum absolute atomic E-state index is 0.163. The van der Waals surface area contributed by atoms with Crippen molar-refractivity contribution in [3.8, 4) is 11.5 Å². The van der Waals surface area contributed by atoms with Gasteiger partial charge in [0.05, 0.1) is 11.7 Å². The molecule has 1 amide bonds. The molecule has 144 valence electrons. The zero-order valence-electron chi connectivity index (χ0n) is 15.3. The van der Waals surface area contributed by atoms with Crippen molar-refractivity contribution in [1.82, 2.24) is 10.2 Å². The summed E-state index contributed by atoms with van der Waals surface area (Å²) < 4.78 is 16.7. The maximum Gasteiger partial charge on any atom is 0.277 e. The molecule has 2 aromatic carbocycles. The van der Waals surface area contributed by atoms with E-state index in [0.29, 0.717) is 47.9 Å². The first-order valence-electron chi connectivity index (χ1n) is 8.91. The zero-order chi connectivity index (χ0) is 19.3. The Hall–Kier alpha value is -3.00. The molecule has 1 aromatic heterocycles. The summed E-state index contributed by atoms with van der Waals surface area (Å²) in [5.41, 5.74) is 1.74. The van der Waals surface area contributed by atoms with Gasteiger partial charge in [0.1, 0.15) is 13.2 Å². The number of nitrogens with one attached hydrogen (secondary N) is 1. The fourth-order valence-electron chi connectivity index (χ4n) is 2.70. The number of amides is 1. The predicted octanol–water partition coefficient (Wildman–Crippen LogP) is 3.55. The summed E-state index contributed by atoms with van der Waals surface area (Å²) in [6, 6.07) is 15.2. The van der Waals surface area contributed by atoms with Gasteiger partial charge in [-0.2, -0.15) is 0 Å². The molecule has 1 N–H and O–H groups in total. The highest BCUT2D eigenvalue weighted by atomic mass is 32.2. The van der Waals surface area contributed by atoms with Crippen LogP contribution in [-0.2, 0) is 11.2 Å². The van der Waals surface area contributed by atoms with Crippen molar-refractivity contribution in [2.75, 3.05) is 18.5 Å². The average molecular weight is 397 g/mol. The Kier molecular flexibility index (Phi) is 5.48. The number of hydrogen-bond acceptors (Lipinski definition) is 7. The quantitative estimate of drug-likeness (QED) is 0.637. The predicted molar refractivity (Wildman–Crippen MR) is 105 cm³/mol. The third-order valence-electron chi connectivity index (χ3n) is 4.10. The molecule has 0 unspecified atom stereocenters. The van der Waals surface area contributed by atoms with Gasteiger partial charge in [0.15, 0.2) is 11.5 Å². The van der Waals surface area contributed by atoms with E-state index in [0.717, 1.165) is 5.56 Å². The number of carbonyl (C=O) groups excluding carboxylic acids is 1. The Bertz CT molecular complexity index is 961. The van der Waals surface area contributed by atoms with Crippen molar-refractivity contribution in [3.63, 3.8) is 0 Å². The minimum atomic E-state index is -0.404. The SMILES string of the molecule is C[C@@H](Sc1nnc(Cc2ccccc2)o1)C(=O)Nc1ccc2c(c1)OCCO2. The number of aromatic nitrogens is 2. The summed E-state index contributed by atoms with van der Waals surface area (Å²) in [5.74, 6) is 1.67. The molecule has 0 aliphatic carbocycles. The molecule has 0 bridgehead atoms. The topological polar surface area (TPSA) is 86.5 Å². The summed E-state index contributed by atoms with van der Waals surface area (Å²) in [6.45, 7) is 2.82. The van der Waals surface area contributed by atoms with E-state index in [2.05, 4.69) is 15.5 Å². The van der Waals surface area contributed by atoms with Crippen LogP contribution in [0.3, 0.4) is 0 Å². The molecule has 1 aliphatic heterocycles. The summed E-state index contributed by atoms with van der Waals surface area (Å²) in [4.78, 5) is 12.5. The van der Waals surface area contributed by atoms with Gasteiger partial charge in [0.25, 0.3) is 5.22 Å². The van der Waals surface area contributed by atoms with Gasteiger partial charge in [-0.15, -0.1) is 10.2 Å². The van der Waals surface area contributed by atoms with E-state index in [1.54, 1.807) is 25.1 Å². The van der Waals surface area contributed by atoms with Crippen LogP contribution < -0.4 is 14.8 Å². The number of anilines is 1. The van der Waals surface area contributed by atoms with Gasteiger partial charge in [0, 0.05) is 11.8 Å². The normalized spacial score (nSPS) is 13.8. The first-order chi connectivity index (χ1) is 13.7. The number of carbonyl (C=O) groups is 1. The zero-order valence-corrected chi connectivity index (χ0v) is 16.1. The number of benzene rings is 2. The number of thioether (sulfide) groups is 1. The van der Waals surface area contributed by atoms with Crippen LogP contribution in [0.15, 0.2) is 58.2 Å². The van der Waals surface area contributed by atoms with E-state index in [-0.39, 0.29) is 5.91 Å². The van der Waals surface area contributed by atoms with E-state index >= 15 is 0 Å². The van der Waals surface area contributed by atoms with Gasteiger partial charge in [-0.1, -0.05) is 42.1 Å². The molecule has 0 fully saturated rings. The summed E-state index contributed by atoms with van der Waals surface area (Å²) >= 11 is 1.22. The van der Waals surface area contributed by atoms with E-state index in [9.17, 15) is 4.79 Å². The number of hydrogen-bond donors (Lipinski definition) is 1. The van der Waals surface area contributed by atoms with E-state index < -0.39 is 5.25 Å². The number of rotatable bonds is 6. The molecule has 7 nitrogen and oxygen atoms in total. The van der Waals surface area contributed by atoms with Crippen LogP contribution in [0.2, 0.25) is 0 Å². The van der Waals surface area contributed by atoms with Crippen LogP contribution in [0, 0.1) is 0 Å². The van der Waals surface area contributed by atoms with Gasteiger partial charge >= 0.3 is 0 Å². The summed E-state index contributed by atoms with van der Waals surface area (Å²) in [6.07, 6.45) is 0.562. The van der Waals surface area contributed by atoms with Crippen molar-refractivity contribution >= 4 is 23.4 Å². The molecule has 1 aliphatic rings. The smallest absolute Gasteiger partial charge is 0.277 e. The molecule has 0 spiro atoms. The number of ether oxygens (including phenoxy) is 2. The Labute approximate surface area is 166 Å². The van der Waals surface area contributed by atoms with Crippen molar-refractivity contribution in [1.29, 1.82) is 0 Å². The standard InChI is InChI=1S/C20H19N3O4S/c1-13(19(24)21-15-7-8-16-17(12-15)26-10-9-25-16)28-20-23-22-18(27-20)11-14-5-3-2-4-6-14/h2-8,12-13H,9-11H2,1H3,(H,21,24)/t13-/m1/s1. The Morgan fingerprint density at radius 1 is 1.11 bits per heavy atom. The van der Waals surface area contributed by atoms with Gasteiger partial charge < -0.3 is 19.2 Å². The summed E-state index contributed by atoms with van der Waals surface area (Å²) in [7, 11) is 0. The molecule has 4 rings (SSSR count). The van der Waals surface area contributed by atoms with Crippen molar-refractivity contribution in [3.05, 3.63) is 60.0 Å². The molecule has 28 heavy (non-hydrogen) atoms. The van der Waals surface area contributed by atoms with Crippen LogP contribution in [0.4, 0.5) is 5.69 Å². The fourth-order valence-corrected chi connectivity index (χ4v) is 3.40. The van der Waals surface area contributed by atoms with Gasteiger partial charge in [-0.3, -0.25) is 4.79 Å². The third kappa shape index (κ3) is 4.45. The van der Waals surface area contributed by atoms with Crippen LogP contribution in [-0.4, -0.2) is 34.6 Å². The molecule has 3 aromatic rings.